The lowest BCUT2D eigenvalue weighted by molar-refractivity contribution is -0.112. The third kappa shape index (κ3) is 1.99. The average Bonchev–Trinajstić information content (AvgIpc) is 2.46. The molecule has 0 heterocycles. The Labute approximate surface area is 77.6 Å². The first-order valence-electron chi connectivity index (χ1n) is 4.44. The number of rotatable bonds is 2. The molecule has 2 unspecified atom stereocenters. The summed E-state index contributed by atoms with van der Waals surface area (Å²) in [4.78, 5) is 21.7. The normalized spacial score (nSPS) is 32.6. The quantitative estimate of drug-likeness (QED) is 0.655. The van der Waals surface area contributed by atoms with E-state index in [0.717, 1.165) is 25.5 Å². The number of aldehydes is 1. The zero-order valence-corrected chi connectivity index (χ0v) is 8.00. The van der Waals surface area contributed by atoms with Crippen LogP contribution in [0.4, 0.5) is 4.79 Å². The third-order valence-electron chi connectivity index (χ3n) is 2.77. The summed E-state index contributed by atoms with van der Waals surface area (Å²) < 4.78 is 4.50. The minimum atomic E-state index is -0.462. The first-order chi connectivity index (χ1) is 6.12. The molecule has 1 aliphatic carbocycles. The molecular formula is C9H15NO3. The molecule has 1 aliphatic rings. The van der Waals surface area contributed by atoms with Crippen molar-refractivity contribution in [2.45, 2.75) is 31.7 Å². The van der Waals surface area contributed by atoms with Crippen molar-refractivity contribution in [3.8, 4) is 0 Å². The van der Waals surface area contributed by atoms with E-state index in [1.807, 2.05) is 6.92 Å². The Kier molecular flexibility index (Phi) is 2.90. The Bertz CT molecular complexity index is 217. The van der Waals surface area contributed by atoms with Crippen LogP contribution in [0.3, 0.4) is 0 Å². The minimum Gasteiger partial charge on any atom is -0.453 e. The van der Waals surface area contributed by atoms with E-state index in [0.29, 0.717) is 0 Å². The molecule has 0 bridgehead atoms. The van der Waals surface area contributed by atoms with Crippen molar-refractivity contribution >= 4 is 12.4 Å². The molecule has 1 N–H and O–H groups in total. The Morgan fingerprint density at radius 1 is 1.69 bits per heavy atom. The van der Waals surface area contributed by atoms with Gasteiger partial charge < -0.3 is 14.8 Å². The highest BCUT2D eigenvalue weighted by Gasteiger charge is 2.39. The van der Waals surface area contributed by atoms with Gasteiger partial charge in [-0.25, -0.2) is 4.79 Å². The van der Waals surface area contributed by atoms with Gasteiger partial charge in [0.05, 0.1) is 7.11 Å². The van der Waals surface area contributed by atoms with Crippen molar-refractivity contribution in [2.75, 3.05) is 7.11 Å². The Morgan fingerprint density at radius 2 is 2.38 bits per heavy atom. The van der Waals surface area contributed by atoms with E-state index in [9.17, 15) is 9.59 Å². The van der Waals surface area contributed by atoms with Gasteiger partial charge in [0.25, 0.3) is 0 Å². The minimum absolute atomic E-state index is 0.0772. The lowest BCUT2D eigenvalue weighted by Gasteiger charge is -2.28. The van der Waals surface area contributed by atoms with Crippen molar-refractivity contribution in [1.82, 2.24) is 5.32 Å². The molecule has 1 fully saturated rings. The molecule has 1 saturated carbocycles. The van der Waals surface area contributed by atoms with Gasteiger partial charge in [0.15, 0.2) is 0 Å². The largest absolute Gasteiger partial charge is 0.453 e. The van der Waals surface area contributed by atoms with Gasteiger partial charge >= 0.3 is 6.09 Å². The van der Waals surface area contributed by atoms with Crippen LogP contribution in [-0.2, 0) is 9.53 Å². The topological polar surface area (TPSA) is 55.4 Å². The first kappa shape index (κ1) is 10.0. The second-order valence-electron chi connectivity index (χ2n) is 3.67. The maximum absolute atomic E-state index is 11.0. The molecule has 1 amide bonds. The molecule has 2 atom stereocenters. The molecule has 0 aromatic heterocycles. The monoisotopic (exact) mass is 185 g/mol. The molecule has 4 heteroatoms. The number of nitrogens with one attached hydrogen (secondary N) is 1. The van der Waals surface area contributed by atoms with Crippen molar-refractivity contribution in [2.24, 2.45) is 5.92 Å². The molecule has 0 aliphatic heterocycles. The van der Waals surface area contributed by atoms with Crippen molar-refractivity contribution in [3.05, 3.63) is 0 Å². The number of carbonyl (C=O) groups is 2. The lowest BCUT2D eigenvalue weighted by atomic mass is 9.90. The summed E-state index contributed by atoms with van der Waals surface area (Å²) in [6.07, 6.45) is 3.12. The number of hydrogen-bond donors (Lipinski definition) is 1. The second kappa shape index (κ2) is 3.77. The standard InChI is InChI=1S/C9H15NO3/c1-9(10-8(12)13-2)5-3-4-7(9)6-11/h6-7H,3-5H2,1-2H3,(H,10,12). The summed E-state index contributed by atoms with van der Waals surface area (Å²) in [5, 5.41) is 2.71. The van der Waals surface area contributed by atoms with Gasteiger partial charge in [-0.2, -0.15) is 0 Å². The zero-order chi connectivity index (χ0) is 9.90. The highest BCUT2D eigenvalue weighted by molar-refractivity contribution is 5.69. The van der Waals surface area contributed by atoms with Gasteiger partial charge in [0.2, 0.25) is 0 Å². The van der Waals surface area contributed by atoms with Gasteiger partial charge in [-0.3, -0.25) is 0 Å². The van der Waals surface area contributed by atoms with Gasteiger partial charge in [-0.15, -0.1) is 0 Å². The van der Waals surface area contributed by atoms with Crippen molar-refractivity contribution in [3.63, 3.8) is 0 Å². The van der Waals surface area contributed by atoms with Gasteiger partial charge in [0, 0.05) is 11.5 Å². The summed E-state index contributed by atoms with van der Waals surface area (Å²) >= 11 is 0. The molecule has 4 nitrogen and oxygen atoms in total. The lowest BCUT2D eigenvalue weighted by Crippen LogP contribution is -2.49. The van der Waals surface area contributed by atoms with E-state index >= 15 is 0 Å². The van der Waals surface area contributed by atoms with E-state index in [1.165, 1.54) is 7.11 Å². The molecular weight excluding hydrogens is 170 g/mol. The van der Waals surface area contributed by atoms with E-state index < -0.39 is 11.6 Å². The fourth-order valence-electron chi connectivity index (χ4n) is 1.85. The number of methoxy groups -OCH3 is 1. The molecule has 1 rings (SSSR count). The Hall–Kier alpha value is -1.06. The smallest absolute Gasteiger partial charge is 0.407 e. The molecule has 0 aromatic rings. The van der Waals surface area contributed by atoms with Crippen LogP contribution in [0.15, 0.2) is 0 Å². The predicted molar refractivity (Wildman–Crippen MR) is 47.4 cm³/mol. The number of alkyl carbamates (subject to hydrolysis) is 1. The third-order valence-corrected chi connectivity index (χ3v) is 2.77. The maximum atomic E-state index is 11.0. The second-order valence-corrected chi connectivity index (χ2v) is 3.67. The highest BCUT2D eigenvalue weighted by Crippen LogP contribution is 2.33. The fourth-order valence-corrected chi connectivity index (χ4v) is 1.85. The predicted octanol–water partition coefficient (Wildman–Crippen LogP) is 1.10. The van der Waals surface area contributed by atoms with Gasteiger partial charge in [0.1, 0.15) is 6.29 Å². The van der Waals surface area contributed by atoms with Gasteiger partial charge in [-0.05, 0) is 19.8 Å². The SMILES string of the molecule is COC(=O)NC1(C)CCCC1C=O. The van der Waals surface area contributed by atoms with E-state index in [2.05, 4.69) is 10.1 Å². The molecule has 0 radical (unpaired) electrons. The van der Waals surface area contributed by atoms with Gasteiger partial charge in [-0.1, -0.05) is 6.42 Å². The van der Waals surface area contributed by atoms with Crippen LogP contribution in [0.2, 0.25) is 0 Å². The van der Waals surface area contributed by atoms with E-state index in [1.54, 1.807) is 0 Å². The number of ether oxygens (including phenoxy) is 1. The van der Waals surface area contributed by atoms with Crippen LogP contribution in [0.25, 0.3) is 0 Å². The van der Waals surface area contributed by atoms with Crippen LogP contribution in [0, 0.1) is 5.92 Å². The van der Waals surface area contributed by atoms with Crippen LogP contribution < -0.4 is 5.32 Å². The summed E-state index contributed by atoms with van der Waals surface area (Å²) in [5.74, 6) is -0.0772. The van der Waals surface area contributed by atoms with Crippen LogP contribution >= 0.6 is 0 Å². The molecule has 0 spiro atoms. The van der Waals surface area contributed by atoms with Crippen LogP contribution in [0.1, 0.15) is 26.2 Å². The highest BCUT2D eigenvalue weighted by atomic mass is 16.5. The van der Waals surface area contributed by atoms with E-state index in [4.69, 9.17) is 0 Å². The maximum Gasteiger partial charge on any atom is 0.407 e. The van der Waals surface area contributed by atoms with Crippen molar-refractivity contribution < 1.29 is 14.3 Å². The summed E-state index contributed by atoms with van der Waals surface area (Å²) in [6, 6.07) is 0. The first-order valence-corrected chi connectivity index (χ1v) is 4.44. The van der Waals surface area contributed by atoms with E-state index in [-0.39, 0.29) is 5.92 Å². The Balaban J connectivity index is 2.63. The zero-order valence-electron chi connectivity index (χ0n) is 8.00. The van der Waals surface area contributed by atoms with Crippen LogP contribution in [-0.4, -0.2) is 25.0 Å². The molecule has 74 valence electrons. The summed E-state index contributed by atoms with van der Waals surface area (Å²) in [7, 11) is 1.32. The fraction of sp³-hybridized carbons (Fsp3) is 0.778. The summed E-state index contributed by atoms with van der Waals surface area (Å²) in [6.45, 7) is 1.88. The summed E-state index contributed by atoms with van der Waals surface area (Å²) in [5.41, 5.74) is -0.408. The van der Waals surface area contributed by atoms with Crippen LogP contribution in [0.5, 0.6) is 0 Å². The molecule has 0 saturated heterocycles. The van der Waals surface area contributed by atoms with Crippen molar-refractivity contribution in [1.29, 1.82) is 0 Å². The number of amides is 1. The Morgan fingerprint density at radius 3 is 2.92 bits per heavy atom. The molecule has 0 aromatic carbocycles. The molecule has 13 heavy (non-hydrogen) atoms. The number of carbonyl (C=O) groups excluding carboxylic acids is 2. The number of hydrogen-bond acceptors (Lipinski definition) is 3. The average molecular weight is 185 g/mol.